The fourth-order valence-corrected chi connectivity index (χ4v) is 6.71. The molecule has 3 fully saturated rings. The van der Waals surface area contributed by atoms with Crippen molar-refractivity contribution in [1.29, 1.82) is 0 Å². The maximum Gasteiger partial charge on any atom is 0.429 e. The van der Waals surface area contributed by atoms with Gasteiger partial charge in [0.15, 0.2) is 0 Å². The van der Waals surface area contributed by atoms with Crippen molar-refractivity contribution in [3.63, 3.8) is 0 Å². The van der Waals surface area contributed by atoms with Crippen molar-refractivity contribution in [1.82, 2.24) is 0 Å². The van der Waals surface area contributed by atoms with E-state index in [-0.39, 0.29) is 23.8 Å². The van der Waals surface area contributed by atoms with Gasteiger partial charge in [0.25, 0.3) is 5.60 Å². The van der Waals surface area contributed by atoms with Crippen molar-refractivity contribution < 1.29 is 41.7 Å². The van der Waals surface area contributed by atoms with Crippen molar-refractivity contribution in [2.45, 2.75) is 101 Å². The van der Waals surface area contributed by atoms with E-state index in [0.717, 1.165) is 42.9 Å². The fourth-order valence-electron chi connectivity index (χ4n) is 6.71. The molecule has 4 rings (SSSR count). The van der Waals surface area contributed by atoms with Gasteiger partial charge in [-0.1, -0.05) is 47.9 Å². The summed E-state index contributed by atoms with van der Waals surface area (Å²) in [6.45, 7) is 2.15. The highest BCUT2D eigenvalue weighted by Gasteiger charge is 2.69. The third-order valence-corrected chi connectivity index (χ3v) is 8.78. The lowest BCUT2D eigenvalue weighted by molar-refractivity contribution is -0.347. The number of aliphatic hydroxyl groups is 3. The molecule has 0 aromatic rings. The zero-order valence-corrected chi connectivity index (χ0v) is 20.3. The molecule has 3 saturated carbocycles. The predicted molar refractivity (Wildman–Crippen MR) is 123 cm³/mol. The first-order valence-electron chi connectivity index (χ1n) is 12.6. The molecule has 0 radical (unpaired) electrons. The van der Waals surface area contributed by atoms with Crippen LogP contribution in [0.5, 0.6) is 0 Å². The first-order valence-corrected chi connectivity index (χ1v) is 12.6. The third kappa shape index (κ3) is 4.95. The van der Waals surface area contributed by atoms with Crippen LogP contribution in [0.2, 0.25) is 0 Å². The van der Waals surface area contributed by atoms with E-state index in [2.05, 4.69) is 19.1 Å². The average Bonchev–Trinajstić information content (AvgIpc) is 3.42. The second kappa shape index (κ2) is 9.31. The molecule has 0 heterocycles. The lowest BCUT2D eigenvalue weighted by Gasteiger charge is -2.43. The summed E-state index contributed by atoms with van der Waals surface area (Å²) in [5.41, 5.74) is -2.17. The normalized spacial score (nSPS) is 34.2. The minimum atomic E-state index is -5.86. The van der Waals surface area contributed by atoms with Gasteiger partial charge in [0.05, 0.1) is 12.2 Å². The van der Waals surface area contributed by atoms with Crippen molar-refractivity contribution in [2.24, 2.45) is 16.7 Å². The van der Waals surface area contributed by atoms with Crippen molar-refractivity contribution in [2.75, 3.05) is 0 Å². The molecule has 0 aliphatic heterocycles. The number of hydrogen-bond donors (Lipinski definition) is 3. The van der Waals surface area contributed by atoms with E-state index in [9.17, 15) is 41.7 Å². The van der Waals surface area contributed by atoms with Gasteiger partial charge in [0.1, 0.15) is 0 Å². The fraction of sp³-hybridized carbons (Fsp3) is 0.704. The van der Waals surface area contributed by atoms with Crippen LogP contribution in [0.4, 0.5) is 26.3 Å². The predicted octanol–water partition coefficient (Wildman–Crippen LogP) is 6.46. The molecule has 0 aromatic heterocycles. The molecule has 1 unspecified atom stereocenters. The van der Waals surface area contributed by atoms with Crippen LogP contribution < -0.4 is 0 Å². The summed E-state index contributed by atoms with van der Waals surface area (Å²) >= 11 is 0. The number of fused-ring (bicyclic) bond motifs is 1. The van der Waals surface area contributed by atoms with E-state index in [1.54, 1.807) is 0 Å². The molecule has 0 spiro atoms. The zero-order chi connectivity index (χ0) is 26.6. The number of rotatable bonds is 5. The number of aliphatic hydroxyl groups excluding tert-OH is 2. The first-order chi connectivity index (χ1) is 16.6. The second-order valence-electron chi connectivity index (χ2n) is 11.3. The standard InChI is InChI=1S/C27H34F6O3/c1-23-9-2-4-18(6-5-17-14-19(34)16-20(35)15-17)21(23)7-8-22(23)24(12-13-24)10-3-11-25(36,26(28,29)30)27(31,32)33/h3,5-6,8,11,19-21,34-36H,2,4,7,9-10,12-16H2,1H3/b11-3+,18-6+/t19-,20-,21+,23?/m1/s1. The number of halogens is 6. The summed E-state index contributed by atoms with van der Waals surface area (Å²) in [5, 5.41) is 29.3. The van der Waals surface area contributed by atoms with Gasteiger partial charge in [-0.05, 0) is 87.0 Å². The van der Waals surface area contributed by atoms with E-state index in [1.165, 1.54) is 5.57 Å². The quantitative estimate of drug-likeness (QED) is 0.288. The minimum absolute atomic E-state index is 0.0223. The molecule has 9 heteroatoms. The summed E-state index contributed by atoms with van der Waals surface area (Å²) in [4.78, 5) is 0. The van der Waals surface area contributed by atoms with Crippen LogP contribution in [0, 0.1) is 16.7 Å². The second-order valence-corrected chi connectivity index (χ2v) is 11.3. The molecular formula is C27H34F6O3. The largest absolute Gasteiger partial charge is 0.429 e. The van der Waals surface area contributed by atoms with Crippen molar-refractivity contribution in [3.8, 4) is 0 Å². The number of hydrogen-bond acceptors (Lipinski definition) is 3. The molecule has 202 valence electrons. The SMILES string of the molecule is CC12CCC/C(=C\C=C3C[C@@H](O)C[C@H](O)C3)[C@@H]1CC=C2C1(C/C=C/C(O)(C(F)(F)F)C(F)(F)F)CC1. The molecular weight excluding hydrogens is 486 g/mol. The molecule has 4 aliphatic rings. The van der Waals surface area contributed by atoms with Gasteiger partial charge in [-0.2, -0.15) is 26.3 Å². The van der Waals surface area contributed by atoms with Gasteiger partial charge in [0.2, 0.25) is 0 Å². The molecule has 3 N–H and O–H groups in total. The van der Waals surface area contributed by atoms with Gasteiger partial charge in [-0.25, -0.2) is 0 Å². The monoisotopic (exact) mass is 520 g/mol. The lowest BCUT2D eigenvalue weighted by Crippen LogP contribution is -2.55. The summed E-state index contributed by atoms with van der Waals surface area (Å²) in [7, 11) is 0. The highest BCUT2D eigenvalue weighted by atomic mass is 19.4. The molecule has 0 bridgehead atoms. The van der Waals surface area contributed by atoms with E-state index < -0.39 is 35.6 Å². The van der Waals surface area contributed by atoms with Crippen molar-refractivity contribution in [3.05, 3.63) is 47.1 Å². The Hall–Kier alpha value is -1.58. The summed E-state index contributed by atoms with van der Waals surface area (Å²) in [6.07, 6.45) is 0.484. The Labute approximate surface area is 207 Å². The molecule has 0 saturated heterocycles. The minimum Gasteiger partial charge on any atom is -0.393 e. The molecule has 4 atom stereocenters. The van der Waals surface area contributed by atoms with E-state index in [0.29, 0.717) is 32.1 Å². The van der Waals surface area contributed by atoms with Crippen LogP contribution in [0.15, 0.2) is 47.1 Å². The molecule has 36 heavy (non-hydrogen) atoms. The van der Waals surface area contributed by atoms with Gasteiger partial charge in [0, 0.05) is 0 Å². The number of allylic oxidation sites excluding steroid dienone is 6. The Bertz CT molecular complexity index is 943. The Morgan fingerprint density at radius 1 is 0.972 bits per heavy atom. The van der Waals surface area contributed by atoms with Crippen LogP contribution >= 0.6 is 0 Å². The van der Waals surface area contributed by atoms with Gasteiger partial charge in [-0.3, -0.25) is 0 Å². The smallest absolute Gasteiger partial charge is 0.393 e. The van der Waals surface area contributed by atoms with E-state index in [4.69, 9.17) is 0 Å². The Morgan fingerprint density at radius 3 is 2.14 bits per heavy atom. The maximum absolute atomic E-state index is 13.0. The molecule has 0 aromatic carbocycles. The van der Waals surface area contributed by atoms with Gasteiger partial charge < -0.3 is 15.3 Å². The van der Waals surface area contributed by atoms with E-state index in [1.807, 2.05) is 6.08 Å². The first kappa shape index (κ1) is 27.5. The van der Waals surface area contributed by atoms with Crippen LogP contribution in [0.25, 0.3) is 0 Å². The lowest BCUT2D eigenvalue weighted by atomic mass is 9.61. The van der Waals surface area contributed by atoms with Crippen LogP contribution in [-0.4, -0.2) is 45.5 Å². The zero-order valence-electron chi connectivity index (χ0n) is 20.3. The molecule has 4 aliphatic carbocycles. The number of alkyl halides is 6. The average molecular weight is 521 g/mol. The Morgan fingerprint density at radius 2 is 1.58 bits per heavy atom. The maximum atomic E-state index is 13.0. The molecule has 0 amide bonds. The van der Waals surface area contributed by atoms with Gasteiger partial charge >= 0.3 is 12.4 Å². The summed E-state index contributed by atoms with van der Waals surface area (Å²) in [5.74, 6) is 0.209. The van der Waals surface area contributed by atoms with Crippen molar-refractivity contribution >= 4 is 0 Å². The topological polar surface area (TPSA) is 60.7 Å². The highest BCUT2D eigenvalue weighted by molar-refractivity contribution is 5.40. The Kier molecular flexibility index (Phi) is 7.10. The summed E-state index contributed by atoms with van der Waals surface area (Å²) < 4.78 is 78.2. The van der Waals surface area contributed by atoms with Gasteiger partial charge in [-0.15, -0.1) is 0 Å². The summed E-state index contributed by atoms with van der Waals surface area (Å²) in [6, 6.07) is 0. The third-order valence-electron chi connectivity index (χ3n) is 8.78. The van der Waals surface area contributed by atoms with Crippen LogP contribution in [0.3, 0.4) is 0 Å². The Balaban J connectivity index is 1.51. The highest BCUT2D eigenvalue weighted by Crippen LogP contribution is 2.67. The van der Waals surface area contributed by atoms with Crippen LogP contribution in [0.1, 0.15) is 71.1 Å². The molecule has 3 nitrogen and oxygen atoms in total. The van der Waals surface area contributed by atoms with Crippen LogP contribution in [-0.2, 0) is 0 Å². The van der Waals surface area contributed by atoms with E-state index >= 15 is 0 Å².